The van der Waals surface area contributed by atoms with Crippen molar-refractivity contribution in [3.63, 3.8) is 0 Å². The smallest absolute Gasteiger partial charge is 0.355 e. The second kappa shape index (κ2) is 15.1. The van der Waals surface area contributed by atoms with Gasteiger partial charge in [0.25, 0.3) is 10.0 Å². The fourth-order valence-corrected chi connectivity index (χ4v) is 6.95. The van der Waals surface area contributed by atoms with E-state index < -0.39 is 51.9 Å². The van der Waals surface area contributed by atoms with Crippen molar-refractivity contribution in [2.45, 2.75) is 37.0 Å². The van der Waals surface area contributed by atoms with Crippen LogP contribution in [0.3, 0.4) is 0 Å². The van der Waals surface area contributed by atoms with Gasteiger partial charge in [0.2, 0.25) is 11.8 Å². The zero-order chi connectivity index (χ0) is 33.5. The summed E-state index contributed by atoms with van der Waals surface area (Å²) in [5.41, 5.74) is -0.322. The van der Waals surface area contributed by atoms with Crippen molar-refractivity contribution in [1.29, 1.82) is 0 Å². The third-order valence-electron chi connectivity index (χ3n) is 7.02. The van der Waals surface area contributed by atoms with Gasteiger partial charge in [-0.3, -0.25) is 13.9 Å². The van der Waals surface area contributed by atoms with Crippen LogP contribution in [0.4, 0.5) is 18.9 Å². The number of sulfonamides is 1. The first kappa shape index (κ1) is 35.0. The third kappa shape index (κ3) is 8.68. The monoisotopic (exact) mass is 735 g/mol. The Kier molecular flexibility index (Phi) is 11.5. The van der Waals surface area contributed by atoms with Crippen molar-refractivity contribution < 1.29 is 31.2 Å². The molecular formula is C33H30BrClF3N3O4S. The summed E-state index contributed by atoms with van der Waals surface area (Å²) in [4.78, 5) is 28.9. The Morgan fingerprint density at radius 1 is 0.891 bits per heavy atom. The number of nitrogens with one attached hydrogen (secondary N) is 1. The highest BCUT2D eigenvalue weighted by Crippen LogP contribution is 2.37. The predicted molar refractivity (Wildman–Crippen MR) is 175 cm³/mol. The van der Waals surface area contributed by atoms with E-state index in [1.54, 1.807) is 67.6 Å². The molecular weight excluding hydrogens is 707 g/mol. The van der Waals surface area contributed by atoms with Gasteiger partial charge in [-0.05, 0) is 60.5 Å². The molecule has 0 aromatic heterocycles. The highest BCUT2D eigenvalue weighted by atomic mass is 79.9. The van der Waals surface area contributed by atoms with Gasteiger partial charge in [0.1, 0.15) is 12.6 Å². The van der Waals surface area contributed by atoms with Crippen molar-refractivity contribution in [2.24, 2.45) is 0 Å². The van der Waals surface area contributed by atoms with E-state index in [1.807, 2.05) is 0 Å². The van der Waals surface area contributed by atoms with Crippen LogP contribution in [0.15, 0.2) is 112 Å². The SMILES string of the molecule is CCNC(=O)C(Cc1ccccc1)N(Cc1cccc(Br)c1)C(=O)CN(c1cc(C(F)(F)F)ccc1Cl)S(=O)(=O)c1ccccc1. The van der Waals surface area contributed by atoms with Gasteiger partial charge in [-0.1, -0.05) is 88.2 Å². The molecule has 242 valence electrons. The van der Waals surface area contributed by atoms with E-state index in [9.17, 15) is 31.2 Å². The fraction of sp³-hybridized carbons (Fsp3) is 0.212. The van der Waals surface area contributed by atoms with Crippen LogP contribution in [0, 0.1) is 0 Å². The Bertz CT molecular complexity index is 1780. The zero-order valence-electron chi connectivity index (χ0n) is 24.5. The summed E-state index contributed by atoms with van der Waals surface area (Å²) < 4.78 is 70.7. The number of hydrogen-bond donors (Lipinski definition) is 1. The standard InChI is InChI=1S/C33H30BrClF3N3O4S/c1-2-39-32(43)30(19-23-10-5-3-6-11-23)40(21-24-12-9-13-26(34)18-24)31(42)22-41(46(44,45)27-14-7-4-8-15-27)29-20-25(33(36,37)38)16-17-28(29)35/h3-18,20,30H,2,19,21-22H2,1H3,(H,39,43). The average Bonchev–Trinajstić information content (AvgIpc) is 3.02. The first-order valence-corrected chi connectivity index (χ1v) is 16.7. The van der Waals surface area contributed by atoms with Crippen molar-refractivity contribution >= 4 is 55.1 Å². The highest BCUT2D eigenvalue weighted by Gasteiger charge is 2.37. The number of benzene rings is 4. The molecule has 1 unspecified atom stereocenters. The lowest BCUT2D eigenvalue weighted by molar-refractivity contribution is -0.140. The molecule has 0 bridgehead atoms. The summed E-state index contributed by atoms with van der Waals surface area (Å²) in [5, 5.41) is 2.44. The molecule has 0 aliphatic heterocycles. The van der Waals surface area contributed by atoms with E-state index in [1.165, 1.54) is 29.2 Å². The number of hydrogen-bond acceptors (Lipinski definition) is 4. The summed E-state index contributed by atoms with van der Waals surface area (Å²) in [7, 11) is -4.64. The van der Waals surface area contributed by atoms with E-state index >= 15 is 0 Å². The van der Waals surface area contributed by atoms with Crippen molar-refractivity contribution in [3.8, 4) is 0 Å². The molecule has 46 heavy (non-hydrogen) atoms. The number of amides is 2. The minimum Gasteiger partial charge on any atom is -0.355 e. The molecule has 0 spiro atoms. The summed E-state index contributed by atoms with van der Waals surface area (Å²) in [6, 6.07) is 24.1. The minimum atomic E-state index is -4.82. The van der Waals surface area contributed by atoms with Crippen LogP contribution >= 0.6 is 27.5 Å². The first-order valence-electron chi connectivity index (χ1n) is 14.1. The first-order chi connectivity index (χ1) is 21.8. The number of nitrogens with zero attached hydrogens (tertiary/aromatic N) is 2. The maximum absolute atomic E-state index is 14.4. The molecule has 0 fully saturated rings. The van der Waals surface area contributed by atoms with Crippen molar-refractivity contribution in [2.75, 3.05) is 17.4 Å². The summed E-state index contributed by atoms with van der Waals surface area (Å²) in [6.07, 6.45) is -4.74. The average molecular weight is 737 g/mol. The van der Waals surface area contributed by atoms with Gasteiger partial charge < -0.3 is 10.2 Å². The van der Waals surface area contributed by atoms with Gasteiger partial charge >= 0.3 is 6.18 Å². The normalized spacial score (nSPS) is 12.3. The quantitative estimate of drug-likeness (QED) is 0.168. The van der Waals surface area contributed by atoms with Gasteiger partial charge in [-0.2, -0.15) is 13.2 Å². The molecule has 4 aromatic rings. The summed E-state index contributed by atoms with van der Waals surface area (Å²) in [6.45, 7) is 0.929. The largest absolute Gasteiger partial charge is 0.416 e. The molecule has 0 radical (unpaired) electrons. The van der Waals surface area contributed by atoms with E-state index in [0.717, 1.165) is 17.7 Å². The Labute approximate surface area is 279 Å². The molecule has 0 saturated heterocycles. The maximum atomic E-state index is 14.4. The Morgan fingerprint density at radius 3 is 2.13 bits per heavy atom. The van der Waals surface area contributed by atoms with Crippen LogP contribution in [0.2, 0.25) is 5.02 Å². The van der Waals surface area contributed by atoms with Crippen LogP contribution in [0.5, 0.6) is 0 Å². The van der Waals surface area contributed by atoms with Gasteiger partial charge in [-0.25, -0.2) is 8.42 Å². The molecule has 1 N–H and O–H groups in total. The Balaban J connectivity index is 1.86. The summed E-state index contributed by atoms with van der Waals surface area (Å²) >= 11 is 9.75. The molecule has 0 aliphatic rings. The van der Waals surface area contributed by atoms with Crippen LogP contribution < -0.4 is 9.62 Å². The number of anilines is 1. The van der Waals surface area contributed by atoms with Gasteiger partial charge in [-0.15, -0.1) is 0 Å². The number of carbonyl (C=O) groups is 2. The number of likely N-dealkylation sites (N-methyl/N-ethyl adjacent to an activating group) is 1. The lowest BCUT2D eigenvalue weighted by Gasteiger charge is -2.34. The predicted octanol–water partition coefficient (Wildman–Crippen LogP) is 7.09. The molecule has 2 amide bonds. The van der Waals surface area contributed by atoms with E-state index in [2.05, 4.69) is 21.2 Å². The molecule has 13 heteroatoms. The second-order valence-electron chi connectivity index (χ2n) is 10.2. The number of carbonyl (C=O) groups excluding carboxylic acids is 2. The van der Waals surface area contributed by atoms with E-state index in [0.29, 0.717) is 20.4 Å². The molecule has 1 atom stereocenters. The van der Waals surface area contributed by atoms with Gasteiger partial charge in [0.05, 0.1) is 21.2 Å². The van der Waals surface area contributed by atoms with Crippen LogP contribution in [-0.2, 0) is 38.8 Å². The fourth-order valence-electron chi connectivity index (χ4n) is 4.79. The molecule has 7 nitrogen and oxygen atoms in total. The number of halogens is 5. The molecule has 0 heterocycles. The summed E-state index contributed by atoms with van der Waals surface area (Å²) in [5.74, 6) is -1.32. The molecule has 0 aliphatic carbocycles. The lowest BCUT2D eigenvalue weighted by atomic mass is 10.0. The zero-order valence-corrected chi connectivity index (χ0v) is 27.7. The molecule has 4 aromatic carbocycles. The second-order valence-corrected chi connectivity index (χ2v) is 13.4. The molecule has 0 saturated carbocycles. The van der Waals surface area contributed by atoms with Gasteiger partial charge in [0.15, 0.2) is 0 Å². The third-order valence-corrected chi connectivity index (χ3v) is 9.60. The maximum Gasteiger partial charge on any atom is 0.416 e. The van der Waals surface area contributed by atoms with Crippen molar-refractivity contribution in [1.82, 2.24) is 10.2 Å². The topological polar surface area (TPSA) is 86.8 Å². The minimum absolute atomic E-state index is 0.0855. The number of alkyl halides is 3. The van der Waals surface area contributed by atoms with Gasteiger partial charge in [0, 0.05) is 24.0 Å². The molecule has 4 rings (SSSR count). The van der Waals surface area contributed by atoms with Crippen LogP contribution in [-0.4, -0.2) is 44.3 Å². The Hall–Kier alpha value is -3.87. The lowest BCUT2D eigenvalue weighted by Crippen LogP contribution is -2.53. The highest BCUT2D eigenvalue weighted by molar-refractivity contribution is 9.10. The van der Waals surface area contributed by atoms with E-state index in [4.69, 9.17) is 11.6 Å². The van der Waals surface area contributed by atoms with Crippen LogP contribution in [0.25, 0.3) is 0 Å². The van der Waals surface area contributed by atoms with Crippen LogP contribution in [0.1, 0.15) is 23.6 Å². The van der Waals surface area contributed by atoms with E-state index in [-0.39, 0.29) is 29.4 Å². The Morgan fingerprint density at radius 2 is 1.52 bits per heavy atom. The van der Waals surface area contributed by atoms with Crippen molar-refractivity contribution in [3.05, 3.63) is 129 Å². The number of rotatable bonds is 12.